The lowest BCUT2D eigenvalue weighted by Gasteiger charge is -2.27. The fourth-order valence-electron chi connectivity index (χ4n) is 1.39. The van der Waals surface area contributed by atoms with Crippen LogP contribution in [0.3, 0.4) is 0 Å². The molecule has 0 radical (unpaired) electrons. The molecule has 0 N–H and O–H groups in total. The number of methoxy groups -OCH3 is 1. The summed E-state index contributed by atoms with van der Waals surface area (Å²) in [5, 5.41) is 0. The van der Waals surface area contributed by atoms with E-state index < -0.39 is 29.5 Å². The molecular weight excluding hydrogens is 229 g/mol. The van der Waals surface area contributed by atoms with Crippen LogP contribution in [0.5, 0.6) is 0 Å². The molecule has 0 aromatic rings. The van der Waals surface area contributed by atoms with Crippen LogP contribution in [0.1, 0.15) is 20.8 Å². The summed E-state index contributed by atoms with van der Waals surface area (Å²) in [6.07, 6.45) is 0.312. The van der Waals surface area contributed by atoms with E-state index >= 15 is 0 Å². The largest absolute Gasteiger partial charge is 0.467 e. The van der Waals surface area contributed by atoms with Gasteiger partial charge >= 0.3 is 12.1 Å². The lowest BCUT2D eigenvalue weighted by Crippen LogP contribution is -2.44. The molecule has 6 heteroatoms. The molecule has 0 aromatic heterocycles. The zero-order chi connectivity index (χ0) is 13.2. The van der Waals surface area contributed by atoms with Crippen LogP contribution in [0.15, 0.2) is 11.9 Å². The monoisotopic (exact) mass is 245 g/mol. The van der Waals surface area contributed by atoms with Gasteiger partial charge in [-0.3, -0.25) is 4.90 Å². The minimum absolute atomic E-state index is 0.269. The van der Waals surface area contributed by atoms with E-state index in [0.29, 0.717) is 0 Å². The Morgan fingerprint density at radius 1 is 1.47 bits per heavy atom. The minimum Gasteiger partial charge on any atom is -0.467 e. The molecule has 1 atom stereocenters. The molecule has 1 heterocycles. The van der Waals surface area contributed by atoms with Gasteiger partial charge in [-0.1, -0.05) is 0 Å². The number of rotatable bonds is 1. The van der Waals surface area contributed by atoms with Crippen LogP contribution in [-0.4, -0.2) is 42.3 Å². The summed E-state index contributed by atoms with van der Waals surface area (Å²) in [4.78, 5) is 24.1. The van der Waals surface area contributed by atoms with Crippen LogP contribution < -0.4 is 0 Å². The Morgan fingerprint density at radius 2 is 2.06 bits per heavy atom. The predicted octanol–water partition coefficient (Wildman–Crippen LogP) is 1.63. The van der Waals surface area contributed by atoms with Crippen molar-refractivity contribution in [3.8, 4) is 0 Å². The van der Waals surface area contributed by atoms with Crippen molar-refractivity contribution in [2.24, 2.45) is 0 Å². The van der Waals surface area contributed by atoms with Gasteiger partial charge in [-0.15, -0.1) is 0 Å². The standard InChI is InChI=1S/C11H16FNO4/c1-11(2,3)17-10(15)13-6-7(12)5-8(13)9(14)16-4/h5,8H,6H2,1-4H3/t8-/m0/s1. The number of halogens is 1. The number of esters is 1. The summed E-state index contributed by atoms with van der Waals surface area (Å²) >= 11 is 0. The number of hydrogen-bond acceptors (Lipinski definition) is 4. The number of hydrogen-bond donors (Lipinski definition) is 0. The molecule has 5 nitrogen and oxygen atoms in total. The van der Waals surface area contributed by atoms with Gasteiger partial charge < -0.3 is 9.47 Å². The Labute approximate surface area is 99.2 Å². The molecule has 0 aromatic carbocycles. The van der Waals surface area contributed by atoms with Gasteiger partial charge in [0.25, 0.3) is 0 Å². The first-order valence-corrected chi connectivity index (χ1v) is 5.18. The molecule has 1 amide bonds. The van der Waals surface area contributed by atoms with Crippen LogP contribution >= 0.6 is 0 Å². The van der Waals surface area contributed by atoms with E-state index in [1.807, 2.05) is 0 Å². The van der Waals surface area contributed by atoms with Crippen molar-refractivity contribution >= 4 is 12.1 Å². The fourth-order valence-corrected chi connectivity index (χ4v) is 1.39. The minimum atomic E-state index is -1.05. The van der Waals surface area contributed by atoms with Gasteiger partial charge in [-0.05, 0) is 26.8 Å². The lowest BCUT2D eigenvalue weighted by atomic mass is 10.2. The Hall–Kier alpha value is -1.59. The van der Waals surface area contributed by atoms with Gasteiger partial charge in [0, 0.05) is 0 Å². The zero-order valence-electron chi connectivity index (χ0n) is 10.3. The molecule has 0 unspecified atom stereocenters. The smallest absolute Gasteiger partial charge is 0.411 e. The number of carbonyl (C=O) groups excluding carboxylic acids is 2. The van der Waals surface area contributed by atoms with Crippen LogP contribution in [0, 0.1) is 0 Å². The third kappa shape index (κ3) is 3.44. The second-order valence-electron chi connectivity index (χ2n) is 4.69. The molecule has 0 spiro atoms. The molecule has 1 aliphatic heterocycles. The molecule has 17 heavy (non-hydrogen) atoms. The molecule has 0 saturated carbocycles. The summed E-state index contributed by atoms with van der Waals surface area (Å²) in [6, 6.07) is -1.05. The topological polar surface area (TPSA) is 55.8 Å². The Kier molecular flexibility index (Phi) is 3.75. The highest BCUT2D eigenvalue weighted by Crippen LogP contribution is 2.21. The maximum Gasteiger partial charge on any atom is 0.411 e. The van der Waals surface area contributed by atoms with Crippen LogP contribution in [0.25, 0.3) is 0 Å². The molecule has 0 aliphatic carbocycles. The van der Waals surface area contributed by atoms with Crippen molar-refractivity contribution in [3.05, 3.63) is 11.9 Å². The molecule has 0 bridgehead atoms. The van der Waals surface area contributed by atoms with Gasteiger partial charge in [0.05, 0.1) is 13.7 Å². The van der Waals surface area contributed by atoms with Crippen molar-refractivity contribution < 1.29 is 23.5 Å². The van der Waals surface area contributed by atoms with E-state index in [0.717, 1.165) is 11.0 Å². The average molecular weight is 245 g/mol. The summed E-state index contributed by atoms with van der Waals surface area (Å²) in [6.45, 7) is 4.81. The number of nitrogens with zero attached hydrogens (tertiary/aromatic N) is 1. The van der Waals surface area contributed by atoms with E-state index in [2.05, 4.69) is 4.74 Å². The van der Waals surface area contributed by atoms with Crippen LogP contribution in [0.2, 0.25) is 0 Å². The Morgan fingerprint density at radius 3 is 2.53 bits per heavy atom. The maximum atomic E-state index is 13.1. The van der Waals surface area contributed by atoms with Crippen molar-refractivity contribution in [1.29, 1.82) is 0 Å². The van der Waals surface area contributed by atoms with Gasteiger partial charge in [-0.2, -0.15) is 0 Å². The predicted molar refractivity (Wildman–Crippen MR) is 57.9 cm³/mol. The molecule has 0 saturated heterocycles. The number of ether oxygens (including phenoxy) is 2. The highest BCUT2D eigenvalue weighted by molar-refractivity contribution is 5.84. The Bertz CT molecular complexity index is 359. The summed E-state index contributed by atoms with van der Waals surface area (Å²) in [5.74, 6) is -1.24. The first-order valence-electron chi connectivity index (χ1n) is 5.18. The zero-order valence-corrected chi connectivity index (χ0v) is 10.3. The summed E-state index contributed by atoms with van der Waals surface area (Å²) in [7, 11) is 1.18. The van der Waals surface area contributed by atoms with Gasteiger partial charge in [0.15, 0.2) is 6.04 Å². The van der Waals surface area contributed by atoms with Gasteiger partial charge in [0.1, 0.15) is 11.4 Å². The third-order valence-corrected chi connectivity index (χ3v) is 2.07. The molecule has 0 fully saturated rings. The van der Waals surface area contributed by atoms with Crippen molar-refractivity contribution in [3.63, 3.8) is 0 Å². The lowest BCUT2D eigenvalue weighted by molar-refractivity contribution is -0.144. The van der Waals surface area contributed by atoms with Gasteiger partial charge in [0.2, 0.25) is 0 Å². The average Bonchev–Trinajstić information content (AvgIpc) is 2.56. The maximum absolute atomic E-state index is 13.1. The molecule has 96 valence electrons. The molecule has 1 rings (SSSR count). The quantitative estimate of drug-likeness (QED) is 0.659. The fraction of sp³-hybridized carbons (Fsp3) is 0.636. The van der Waals surface area contributed by atoms with E-state index in [4.69, 9.17) is 4.74 Å². The van der Waals surface area contributed by atoms with Crippen molar-refractivity contribution in [1.82, 2.24) is 4.90 Å². The first kappa shape index (κ1) is 13.5. The van der Waals surface area contributed by atoms with Crippen LogP contribution in [0.4, 0.5) is 9.18 Å². The molecule has 1 aliphatic rings. The second-order valence-corrected chi connectivity index (χ2v) is 4.69. The van der Waals surface area contributed by atoms with Crippen molar-refractivity contribution in [2.45, 2.75) is 32.4 Å². The Balaban J connectivity index is 2.77. The van der Waals surface area contributed by atoms with Gasteiger partial charge in [-0.25, -0.2) is 14.0 Å². The molecular formula is C11H16FNO4. The SMILES string of the molecule is COC(=O)[C@@H]1C=C(F)CN1C(=O)OC(C)(C)C. The third-order valence-electron chi connectivity index (χ3n) is 2.07. The highest BCUT2D eigenvalue weighted by atomic mass is 19.1. The normalized spacial score (nSPS) is 19.9. The summed E-state index contributed by atoms with van der Waals surface area (Å²) < 4.78 is 22.7. The van der Waals surface area contributed by atoms with Crippen molar-refractivity contribution in [2.75, 3.05) is 13.7 Å². The number of amides is 1. The van der Waals surface area contributed by atoms with E-state index in [9.17, 15) is 14.0 Å². The van der Waals surface area contributed by atoms with E-state index in [-0.39, 0.29) is 6.54 Å². The number of carbonyl (C=O) groups is 2. The van der Waals surface area contributed by atoms with E-state index in [1.54, 1.807) is 20.8 Å². The first-order chi connectivity index (χ1) is 7.74. The highest BCUT2D eigenvalue weighted by Gasteiger charge is 2.37. The summed E-state index contributed by atoms with van der Waals surface area (Å²) in [5.41, 5.74) is -0.698. The van der Waals surface area contributed by atoms with E-state index in [1.165, 1.54) is 7.11 Å². The van der Waals surface area contributed by atoms with Crippen LogP contribution in [-0.2, 0) is 14.3 Å². The second kappa shape index (κ2) is 4.73.